The minimum atomic E-state index is -0.454. The third-order valence-electron chi connectivity index (χ3n) is 16.0. The molecule has 11 rings (SSSR count). The van der Waals surface area contributed by atoms with Gasteiger partial charge >= 0.3 is 7.12 Å². The molecule has 0 aliphatic carbocycles. The zero-order valence-electron chi connectivity index (χ0n) is 52.5. The van der Waals surface area contributed by atoms with Crippen LogP contribution >= 0.6 is 0 Å². The van der Waals surface area contributed by atoms with Gasteiger partial charge in [-0.15, -0.1) is 71.2 Å². The largest absolute Gasteiger partial charge is 0.475 e. The molecular weight excluding hydrogens is 1240 g/mol. The number of aromatic nitrogens is 8. The molecule has 4 aromatic heterocycles. The van der Waals surface area contributed by atoms with E-state index in [2.05, 4.69) is 225 Å². The summed E-state index contributed by atoms with van der Waals surface area (Å²) in [6.45, 7) is 34.8. The van der Waals surface area contributed by atoms with E-state index in [1.54, 1.807) is 0 Å². The van der Waals surface area contributed by atoms with Gasteiger partial charge < -0.3 is 19.3 Å². The van der Waals surface area contributed by atoms with Crippen LogP contribution in [0.5, 0.6) is 0 Å². The van der Waals surface area contributed by atoms with Crippen LogP contribution in [0.1, 0.15) is 133 Å². The Morgan fingerprint density at radius 3 is 0.942 bits per heavy atom. The predicted molar refractivity (Wildman–Crippen MR) is 347 cm³/mol. The number of rotatable bonds is 9. The van der Waals surface area contributed by atoms with Gasteiger partial charge in [-0.3, -0.25) is 0 Å². The molecule has 10 nitrogen and oxygen atoms in total. The number of pyridine rings is 2. The molecule has 0 atom stereocenters. The van der Waals surface area contributed by atoms with Crippen molar-refractivity contribution in [1.82, 2.24) is 39.9 Å². The van der Waals surface area contributed by atoms with Crippen LogP contribution in [0, 0.1) is 12.1 Å². The Kier molecular flexibility index (Phi) is 17.9. The van der Waals surface area contributed by atoms with Gasteiger partial charge in [0, 0.05) is 65.9 Å². The molecule has 0 amide bonds. The molecule has 439 valence electrons. The van der Waals surface area contributed by atoms with Crippen molar-refractivity contribution in [1.29, 1.82) is 0 Å². The van der Waals surface area contributed by atoms with Crippen LogP contribution in [0.15, 0.2) is 176 Å². The van der Waals surface area contributed by atoms with Crippen molar-refractivity contribution in [3.63, 3.8) is 0 Å². The summed E-state index contributed by atoms with van der Waals surface area (Å²) in [6, 6.07) is 62.3. The summed E-state index contributed by atoms with van der Waals surface area (Å²) < 4.78 is 12.6. The fourth-order valence-electron chi connectivity index (χ4n) is 9.68. The van der Waals surface area contributed by atoms with Gasteiger partial charge in [-0.25, -0.2) is 29.9 Å². The first-order valence-electron chi connectivity index (χ1n) is 29.3. The summed E-state index contributed by atoms with van der Waals surface area (Å²) >= 11 is 0. The third-order valence-corrected chi connectivity index (χ3v) is 16.0. The molecule has 1 aliphatic heterocycles. The first kappa shape index (κ1) is 62.8. The van der Waals surface area contributed by atoms with Gasteiger partial charge in [-0.2, -0.15) is 0 Å². The first-order valence-corrected chi connectivity index (χ1v) is 29.3. The minimum Gasteiger partial charge on any atom is -0.400 e. The van der Waals surface area contributed by atoms with Crippen LogP contribution in [-0.2, 0) is 51.1 Å². The standard InChI is InChI=1S/C40H44BN4O2.C34H33N4.Ir/c1-37(2,3)30-19-14-26(15-20-30)34-43-35(27-16-21-31(22-17-27)38(4,5)6)45-36(44-34)29-18-23-33(42-25-29)28-12-11-13-32(24-28)41-46-39(7,8)40(9,10)47-41;1-33(2,3)27-17-12-24(13-18-27)30-36-31(25-14-19-28(20-15-25)34(4,5)6)38-32(37-30)26-16-21-29(35-22-26)23-10-8-7-9-11-23;/h11,13-25H,1-10H3;7-10,12-22H,1-6H3;/q2*-1;. The van der Waals surface area contributed by atoms with Gasteiger partial charge in [0.15, 0.2) is 34.9 Å². The molecule has 1 radical (unpaired) electrons. The molecule has 0 spiro atoms. The molecule has 0 N–H and O–H groups in total. The molecule has 12 heteroatoms. The Bertz CT molecular complexity index is 3770. The summed E-state index contributed by atoms with van der Waals surface area (Å²) in [4.78, 5) is 39.0. The van der Waals surface area contributed by atoms with Crippen LogP contribution in [0.3, 0.4) is 0 Å². The zero-order chi connectivity index (χ0) is 60.7. The Morgan fingerprint density at radius 2 is 0.651 bits per heavy atom. The molecule has 1 fully saturated rings. The Hall–Kier alpha value is -7.73. The molecule has 1 aliphatic rings. The van der Waals surface area contributed by atoms with Crippen LogP contribution in [0.4, 0.5) is 0 Å². The zero-order valence-corrected chi connectivity index (χ0v) is 54.9. The molecule has 0 unspecified atom stereocenters. The number of hydrogen-bond acceptors (Lipinski definition) is 10. The second-order valence-corrected chi connectivity index (χ2v) is 27.2. The predicted octanol–water partition coefficient (Wildman–Crippen LogP) is 17.0. The smallest absolute Gasteiger partial charge is 0.400 e. The van der Waals surface area contributed by atoms with Crippen molar-refractivity contribution < 1.29 is 29.4 Å². The van der Waals surface area contributed by atoms with Gasteiger partial charge in [0.25, 0.3) is 0 Å². The molecule has 86 heavy (non-hydrogen) atoms. The molecule has 6 aromatic carbocycles. The van der Waals surface area contributed by atoms with Crippen LogP contribution in [0.2, 0.25) is 0 Å². The van der Waals surface area contributed by atoms with E-state index in [-0.39, 0.29) is 41.8 Å². The number of nitrogens with zero attached hydrogens (tertiary/aromatic N) is 8. The maximum atomic E-state index is 6.28. The van der Waals surface area contributed by atoms with Gasteiger partial charge in [-0.1, -0.05) is 204 Å². The molecule has 0 saturated carbocycles. The SMILES string of the molecule is CC(C)(C)c1ccc(-c2nc(-c3ccc(C(C)(C)C)cc3)nc(-c3ccc(-c4[c-]ccc(B5OC(C)(C)C(C)(C)O5)c4)nc3)n2)cc1.CC(C)(C)c1ccc(-c2nc(-c3ccc(C(C)(C)C)cc3)nc(-c3ccc(-c4[c-]cccc4)nc3)n2)cc1.[Ir]. The summed E-state index contributed by atoms with van der Waals surface area (Å²) in [7, 11) is -0.454. The normalized spacial score (nSPS) is 14.0. The third kappa shape index (κ3) is 14.4. The maximum absolute atomic E-state index is 6.28. The Labute approximate surface area is 523 Å². The van der Waals surface area contributed by atoms with E-state index in [0.29, 0.717) is 34.9 Å². The van der Waals surface area contributed by atoms with E-state index in [1.165, 1.54) is 22.3 Å². The quantitative estimate of drug-likeness (QED) is 0.102. The van der Waals surface area contributed by atoms with Crippen molar-refractivity contribution in [2.45, 2.75) is 144 Å². The first-order chi connectivity index (χ1) is 40.1. The Balaban J connectivity index is 0.000000208. The average Bonchev–Trinajstić information content (AvgIpc) is 1.68. The minimum absolute atomic E-state index is 0. The van der Waals surface area contributed by atoms with Crippen molar-refractivity contribution in [3.8, 4) is 90.8 Å². The van der Waals surface area contributed by atoms with Crippen molar-refractivity contribution in [3.05, 3.63) is 211 Å². The number of hydrogen-bond donors (Lipinski definition) is 0. The van der Waals surface area contributed by atoms with E-state index in [0.717, 1.165) is 61.4 Å². The van der Waals surface area contributed by atoms with Gasteiger partial charge in [0.05, 0.1) is 11.2 Å². The van der Waals surface area contributed by atoms with Gasteiger partial charge in [-0.05, 0) is 83.0 Å². The second kappa shape index (κ2) is 24.6. The van der Waals surface area contributed by atoms with Crippen LogP contribution in [0.25, 0.3) is 90.8 Å². The topological polar surface area (TPSA) is 122 Å². The second-order valence-electron chi connectivity index (χ2n) is 27.2. The van der Waals surface area contributed by atoms with Crippen LogP contribution in [-0.4, -0.2) is 58.2 Å². The fourth-order valence-corrected chi connectivity index (χ4v) is 9.68. The maximum Gasteiger partial charge on any atom is 0.475 e. The molecule has 1 saturated heterocycles. The Morgan fingerprint density at radius 1 is 0.349 bits per heavy atom. The monoisotopic (exact) mass is 1310 g/mol. The van der Waals surface area contributed by atoms with Gasteiger partial charge in [0.1, 0.15) is 0 Å². The summed E-state index contributed by atoms with van der Waals surface area (Å²) in [5.74, 6) is 3.70. The summed E-state index contributed by atoms with van der Waals surface area (Å²) in [5, 5.41) is 0. The van der Waals surface area contributed by atoms with Crippen LogP contribution < -0.4 is 5.46 Å². The molecule has 5 heterocycles. The van der Waals surface area contributed by atoms with Crippen molar-refractivity contribution >= 4 is 12.6 Å². The fraction of sp³-hybridized carbons (Fsp3) is 0.297. The van der Waals surface area contributed by atoms with Crippen molar-refractivity contribution in [2.75, 3.05) is 0 Å². The number of benzene rings is 6. The molecule has 10 aromatic rings. The van der Waals surface area contributed by atoms with E-state index in [9.17, 15) is 0 Å². The summed E-state index contributed by atoms with van der Waals surface area (Å²) in [6.07, 6.45) is 3.64. The van der Waals surface area contributed by atoms with E-state index in [1.807, 2.05) is 79.1 Å². The van der Waals surface area contributed by atoms with E-state index >= 15 is 0 Å². The average molecular weight is 1310 g/mol. The van der Waals surface area contributed by atoms with Crippen molar-refractivity contribution in [2.24, 2.45) is 0 Å². The molecular formula is C74H77BIrN8O2-2. The van der Waals surface area contributed by atoms with E-state index < -0.39 is 18.3 Å². The summed E-state index contributed by atoms with van der Waals surface area (Å²) in [5.41, 5.74) is 14.3. The van der Waals surface area contributed by atoms with Gasteiger partial charge in [0.2, 0.25) is 0 Å². The molecule has 0 bridgehead atoms. The van der Waals surface area contributed by atoms with E-state index in [4.69, 9.17) is 44.2 Å².